The van der Waals surface area contributed by atoms with Crippen LogP contribution in [-0.2, 0) is 4.79 Å². The Labute approximate surface area is 146 Å². The van der Waals surface area contributed by atoms with E-state index in [9.17, 15) is 9.59 Å². The van der Waals surface area contributed by atoms with E-state index < -0.39 is 0 Å². The molecule has 0 saturated heterocycles. The monoisotopic (exact) mass is 340 g/mol. The first-order chi connectivity index (χ1) is 12.1. The Hall–Kier alpha value is -3.15. The number of hydrogen-bond acceptors (Lipinski definition) is 5. The van der Waals surface area contributed by atoms with Gasteiger partial charge in [-0.3, -0.25) is 14.6 Å². The highest BCUT2D eigenvalue weighted by Gasteiger charge is 2.08. The summed E-state index contributed by atoms with van der Waals surface area (Å²) < 4.78 is 10.7. The van der Waals surface area contributed by atoms with Gasteiger partial charge in [-0.1, -0.05) is 12.1 Å². The molecule has 0 radical (unpaired) electrons. The Morgan fingerprint density at radius 2 is 2.08 bits per heavy atom. The molecule has 0 aliphatic rings. The molecule has 25 heavy (non-hydrogen) atoms. The van der Waals surface area contributed by atoms with Gasteiger partial charge in [0.1, 0.15) is 0 Å². The van der Waals surface area contributed by atoms with Gasteiger partial charge in [-0.2, -0.15) is 0 Å². The predicted octanol–water partition coefficient (Wildman–Crippen LogP) is 2.50. The number of nitrogens with zero attached hydrogens (tertiary/aromatic N) is 1. The highest BCUT2D eigenvalue weighted by Crippen LogP contribution is 2.28. The molecule has 0 atom stereocenters. The predicted molar refractivity (Wildman–Crippen MR) is 94.8 cm³/mol. The average molecular weight is 340 g/mol. The van der Waals surface area contributed by atoms with Crippen molar-refractivity contribution in [2.75, 3.05) is 20.3 Å². The maximum atomic E-state index is 12.1. The molecule has 0 saturated carbocycles. The molecule has 1 amide bonds. The van der Waals surface area contributed by atoms with Crippen molar-refractivity contribution in [1.29, 1.82) is 0 Å². The summed E-state index contributed by atoms with van der Waals surface area (Å²) in [6.07, 6.45) is 6.29. The largest absolute Gasteiger partial charge is 0.493 e. The molecule has 1 heterocycles. The van der Waals surface area contributed by atoms with Gasteiger partial charge in [-0.25, -0.2) is 0 Å². The summed E-state index contributed by atoms with van der Waals surface area (Å²) in [5.41, 5.74) is 1.30. The van der Waals surface area contributed by atoms with Crippen molar-refractivity contribution in [3.05, 3.63) is 59.9 Å². The molecule has 0 spiro atoms. The molecule has 0 fully saturated rings. The molecule has 6 heteroatoms. The first kappa shape index (κ1) is 18.2. The number of allylic oxidation sites excluding steroid dienone is 1. The number of nitrogens with one attached hydrogen (secondary N) is 1. The maximum Gasteiger partial charge on any atom is 0.257 e. The minimum absolute atomic E-state index is 0.0844. The first-order valence-corrected chi connectivity index (χ1v) is 7.84. The lowest BCUT2D eigenvalue weighted by Crippen LogP contribution is -2.28. The van der Waals surface area contributed by atoms with E-state index in [-0.39, 0.29) is 18.3 Å². The van der Waals surface area contributed by atoms with Gasteiger partial charge in [0.2, 0.25) is 0 Å². The number of benzene rings is 1. The standard InChI is InChI=1S/C19H20N2O4/c1-3-21-19(23)13-25-17-9-7-14(11-18(17)24-2)6-8-16(22)15-5-4-10-20-12-15/h4-12H,3,13H2,1-2H3,(H,21,23)/b8-6+. The Bertz CT molecular complexity index is 757. The molecular weight excluding hydrogens is 320 g/mol. The molecule has 0 aliphatic carbocycles. The highest BCUT2D eigenvalue weighted by molar-refractivity contribution is 6.06. The van der Waals surface area contributed by atoms with Gasteiger partial charge in [-0.05, 0) is 42.8 Å². The number of carbonyl (C=O) groups excluding carboxylic acids is 2. The highest BCUT2D eigenvalue weighted by atomic mass is 16.5. The molecule has 2 aromatic rings. The minimum Gasteiger partial charge on any atom is -0.493 e. The SMILES string of the molecule is CCNC(=O)COc1ccc(/C=C/C(=O)c2cccnc2)cc1OC. The van der Waals surface area contributed by atoms with E-state index in [0.29, 0.717) is 23.6 Å². The number of pyridine rings is 1. The fourth-order valence-electron chi connectivity index (χ4n) is 2.08. The summed E-state index contributed by atoms with van der Waals surface area (Å²) in [5.74, 6) is 0.615. The Morgan fingerprint density at radius 1 is 1.24 bits per heavy atom. The second-order valence-corrected chi connectivity index (χ2v) is 5.09. The van der Waals surface area contributed by atoms with Gasteiger partial charge in [0.05, 0.1) is 7.11 Å². The molecule has 1 aromatic heterocycles. The molecule has 2 rings (SSSR count). The van der Waals surface area contributed by atoms with Crippen molar-refractivity contribution in [2.24, 2.45) is 0 Å². The quantitative estimate of drug-likeness (QED) is 0.590. The molecule has 1 aromatic carbocycles. The van der Waals surface area contributed by atoms with Crippen molar-refractivity contribution in [1.82, 2.24) is 10.3 Å². The molecule has 0 aliphatic heterocycles. The van der Waals surface area contributed by atoms with Crippen LogP contribution in [0.1, 0.15) is 22.8 Å². The van der Waals surface area contributed by atoms with Crippen LogP contribution >= 0.6 is 0 Å². The summed E-state index contributed by atoms with van der Waals surface area (Å²) in [4.78, 5) is 27.4. The van der Waals surface area contributed by atoms with E-state index in [1.54, 1.807) is 42.6 Å². The zero-order chi connectivity index (χ0) is 18.1. The van der Waals surface area contributed by atoms with Gasteiger partial charge < -0.3 is 14.8 Å². The third-order valence-electron chi connectivity index (χ3n) is 3.29. The number of likely N-dealkylation sites (N-methyl/N-ethyl adjacent to an activating group) is 1. The van der Waals surface area contributed by atoms with Gasteiger partial charge >= 0.3 is 0 Å². The molecular formula is C19H20N2O4. The number of aromatic nitrogens is 1. The maximum absolute atomic E-state index is 12.1. The molecule has 0 bridgehead atoms. The van der Waals surface area contributed by atoms with Crippen LogP contribution < -0.4 is 14.8 Å². The molecule has 1 N–H and O–H groups in total. The second kappa shape index (κ2) is 9.22. The van der Waals surface area contributed by atoms with Crippen LogP contribution in [0.25, 0.3) is 6.08 Å². The van der Waals surface area contributed by atoms with E-state index in [2.05, 4.69) is 10.3 Å². The zero-order valence-corrected chi connectivity index (χ0v) is 14.2. The van der Waals surface area contributed by atoms with Crippen LogP contribution in [-0.4, -0.2) is 36.9 Å². The smallest absolute Gasteiger partial charge is 0.257 e. The molecule has 6 nitrogen and oxygen atoms in total. The van der Waals surface area contributed by atoms with Crippen LogP contribution in [0.2, 0.25) is 0 Å². The van der Waals surface area contributed by atoms with Gasteiger partial charge in [0, 0.05) is 24.5 Å². The number of ketones is 1. The van der Waals surface area contributed by atoms with Crippen LogP contribution in [0.15, 0.2) is 48.8 Å². The van der Waals surface area contributed by atoms with Crippen LogP contribution in [0.3, 0.4) is 0 Å². The van der Waals surface area contributed by atoms with E-state index in [0.717, 1.165) is 5.56 Å². The number of ether oxygens (including phenoxy) is 2. The Morgan fingerprint density at radius 3 is 2.76 bits per heavy atom. The van der Waals surface area contributed by atoms with E-state index >= 15 is 0 Å². The molecule has 0 unspecified atom stereocenters. The third-order valence-corrected chi connectivity index (χ3v) is 3.29. The van der Waals surface area contributed by atoms with Gasteiger partial charge in [0.25, 0.3) is 5.91 Å². The number of carbonyl (C=O) groups is 2. The van der Waals surface area contributed by atoms with Crippen LogP contribution in [0.4, 0.5) is 0 Å². The summed E-state index contributed by atoms with van der Waals surface area (Å²) in [6.45, 7) is 2.30. The lowest BCUT2D eigenvalue weighted by atomic mass is 10.1. The Kier molecular flexibility index (Phi) is 6.71. The lowest BCUT2D eigenvalue weighted by Gasteiger charge is -2.11. The summed E-state index contributed by atoms with van der Waals surface area (Å²) in [5, 5.41) is 2.65. The van der Waals surface area contributed by atoms with Gasteiger partial charge in [-0.15, -0.1) is 0 Å². The number of amides is 1. The third kappa shape index (κ3) is 5.46. The number of rotatable bonds is 8. The lowest BCUT2D eigenvalue weighted by molar-refractivity contribution is -0.123. The van der Waals surface area contributed by atoms with Crippen molar-refractivity contribution in [2.45, 2.75) is 6.92 Å². The minimum atomic E-state index is -0.199. The fraction of sp³-hybridized carbons (Fsp3) is 0.211. The average Bonchev–Trinajstić information content (AvgIpc) is 2.65. The van der Waals surface area contributed by atoms with Crippen molar-refractivity contribution in [3.8, 4) is 11.5 Å². The van der Waals surface area contributed by atoms with E-state index in [1.807, 2.05) is 6.92 Å². The summed E-state index contributed by atoms with van der Waals surface area (Å²) in [6, 6.07) is 8.64. The molecule has 130 valence electrons. The van der Waals surface area contributed by atoms with Crippen molar-refractivity contribution >= 4 is 17.8 Å². The van der Waals surface area contributed by atoms with Crippen LogP contribution in [0, 0.1) is 0 Å². The van der Waals surface area contributed by atoms with Crippen molar-refractivity contribution in [3.63, 3.8) is 0 Å². The second-order valence-electron chi connectivity index (χ2n) is 5.09. The normalized spacial score (nSPS) is 10.5. The fourth-order valence-corrected chi connectivity index (χ4v) is 2.08. The van der Waals surface area contributed by atoms with Crippen LogP contribution in [0.5, 0.6) is 11.5 Å². The van der Waals surface area contributed by atoms with Gasteiger partial charge in [0.15, 0.2) is 23.9 Å². The number of methoxy groups -OCH3 is 1. The first-order valence-electron chi connectivity index (χ1n) is 7.84. The zero-order valence-electron chi connectivity index (χ0n) is 14.2. The summed E-state index contributed by atoms with van der Waals surface area (Å²) >= 11 is 0. The van der Waals surface area contributed by atoms with E-state index in [1.165, 1.54) is 19.4 Å². The Balaban J connectivity index is 2.06. The van der Waals surface area contributed by atoms with E-state index in [4.69, 9.17) is 9.47 Å². The topological polar surface area (TPSA) is 77.5 Å². The summed E-state index contributed by atoms with van der Waals surface area (Å²) in [7, 11) is 1.52. The van der Waals surface area contributed by atoms with Crippen molar-refractivity contribution < 1.29 is 19.1 Å². The number of hydrogen-bond donors (Lipinski definition) is 1.